The molecule has 2 aromatic carbocycles. The van der Waals surface area contributed by atoms with Gasteiger partial charge in [0, 0.05) is 17.5 Å². The zero-order valence-electron chi connectivity index (χ0n) is 12.4. The number of carboxylic acids is 1. The Morgan fingerprint density at radius 2 is 1.96 bits per heavy atom. The number of fused-ring (bicyclic) bond motifs is 3. The molecule has 3 atom stereocenters. The van der Waals surface area contributed by atoms with Crippen LogP contribution in [0.3, 0.4) is 0 Å². The Bertz CT molecular complexity index is 881. The molecule has 25 heavy (non-hydrogen) atoms. The summed E-state index contributed by atoms with van der Waals surface area (Å²) in [5, 5.41) is 8.88. The first-order valence-electron chi connectivity index (χ1n) is 7.34. The highest BCUT2D eigenvalue weighted by Gasteiger charge is 2.63. The maximum absolute atomic E-state index is 12.6. The monoisotopic (exact) mass is 370 g/mol. The van der Waals surface area contributed by atoms with Crippen molar-refractivity contribution >= 4 is 17.6 Å². The highest BCUT2D eigenvalue weighted by molar-refractivity contribution is 6.32. The first-order chi connectivity index (χ1) is 11.8. The lowest BCUT2D eigenvalue weighted by atomic mass is 10.1. The van der Waals surface area contributed by atoms with E-state index in [1.165, 1.54) is 0 Å². The topological polar surface area (TPSA) is 55.8 Å². The third-order valence-corrected chi connectivity index (χ3v) is 4.63. The van der Waals surface area contributed by atoms with E-state index in [-0.39, 0.29) is 22.8 Å². The number of hydrogen-bond donors (Lipinski definition) is 1. The Morgan fingerprint density at radius 1 is 1.20 bits per heavy atom. The molecular formula is C17H10ClF3O4. The van der Waals surface area contributed by atoms with Crippen LogP contribution in [-0.4, -0.2) is 17.2 Å². The van der Waals surface area contributed by atoms with Crippen LogP contribution in [0.25, 0.3) is 0 Å². The second kappa shape index (κ2) is 5.29. The van der Waals surface area contributed by atoms with Crippen molar-refractivity contribution < 1.29 is 32.5 Å². The van der Waals surface area contributed by atoms with Crippen molar-refractivity contribution in [1.29, 1.82) is 0 Å². The first-order valence-corrected chi connectivity index (χ1v) is 7.71. The molecule has 0 unspecified atom stereocenters. The normalized spacial score (nSPS) is 23.4. The van der Waals surface area contributed by atoms with Crippen LogP contribution < -0.4 is 9.47 Å². The van der Waals surface area contributed by atoms with Gasteiger partial charge in [-0.15, -0.1) is 0 Å². The molecule has 1 saturated carbocycles. The van der Waals surface area contributed by atoms with Crippen molar-refractivity contribution in [3.8, 4) is 17.2 Å². The Balaban J connectivity index is 1.55. The number of carbonyl (C=O) groups is 1. The van der Waals surface area contributed by atoms with E-state index in [1.54, 1.807) is 18.2 Å². The van der Waals surface area contributed by atoms with Crippen LogP contribution in [0.2, 0.25) is 5.02 Å². The van der Waals surface area contributed by atoms with Crippen LogP contribution in [-0.2, 0) is 11.0 Å². The SMILES string of the molecule is O=C(O)[C@H]1[C@@H]2Oc3cc(Oc4ccc(C(F)(F)F)cc4Cl)ccc3[C@@H]21. The average molecular weight is 371 g/mol. The third kappa shape index (κ3) is 2.68. The van der Waals surface area contributed by atoms with Crippen LogP contribution in [0, 0.1) is 5.92 Å². The van der Waals surface area contributed by atoms with Crippen molar-refractivity contribution in [2.75, 3.05) is 0 Å². The van der Waals surface area contributed by atoms with Gasteiger partial charge in [0.2, 0.25) is 0 Å². The van der Waals surface area contributed by atoms with E-state index >= 15 is 0 Å². The van der Waals surface area contributed by atoms with Gasteiger partial charge in [-0.3, -0.25) is 4.79 Å². The predicted octanol–water partition coefficient (Wildman–Crippen LogP) is 4.71. The van der Waals surface area contributed by atoms with E-state index in [9.17, 15) is 18.0 Å². The summed E-state index contributed by atoms with van der Waals surface area (Å²) in [7, 11) is 0. The van der Waals surface area contributed by atoms with Crippen LogP contribution in [0.1, 0.15) is 17.0 Å². The third-order valence-electron chi connectivity index (χ3n) is 4.33. The van der Waals surface area contributed by atoms with Crippen LogP contribution >= 0.6 is 11.6 Å². The Labute approximate surface area is 144 Å². The van der Waals surface area contributed by atoms with Crippen LogP contribution in [0.15, 0.2) is 36.4 Å². The molecule has 0 radical (unpaired) electrons. The molecule has 0 spiro atoms. The van der Waals surface area contributed by atoms with E-state index in [0.717, 1.165) is 23.8 Å². The molecule has 8 heteroatoms. The fraction of sp³-hybridized carbons (Fsp3) is 0.235. The summed E-state index contributed by atoms with van der Waals surface area (Å²) in [6, 6.07) is 7.72. The number of aliphatic carboxylic acids is 1. The summed E-state index contributed by atoms with van der Waals surface area (Å²) >= 11 is 5.87. The maximum Gasteiger partial charge on any atom is 0.416 e. The summed E-state index contributed by atoms with van der Waals surface area (Å²) in [6.07, 6.45) is -4.84. The van der Waals surface area contributed by atoms with Crippen molar-refractivity contribution in [1.82, 2.24) is 0 Å². The van der Waals surface area contributed by atoms with E-state index in [2.05, 4.69) is 0 Å². The van der Waals surface area contributed by atoms with Gasteiger partial charge in [-0.05, 0) is 24.3 Å². The van der Waals surface area contributed by atoms with Crippen molar-refractivity contribution in [3.63, 3.8) is 0 Å². The van der Waals surface area contributed by atoms with Gasteiger partial charge in [0.25, 0.3) is 0 Å². The smallest absolute Gasteiger partial charge is 0.416 e. The molecule has 4 rings (SSSR count). The maximum atomic E-state index is 12.6. The molecular weight excluding hydrogens is 361 g/mol. The number of carboxylic acid groups (broad SMARTS) is 1. The highest BCUT2D eigenvalue weighted by Crippen LogP contribution is 2.59. The van der Waals surface area contributed by atoms with Gasteiger partial charge < -0.3 is 14.6 Å². The average Bonchev–Trinajstić information content (AvgIpc) is 3.12. The quantitative estimate of drug-likeness (QED) is 0.850. The van der Waals surface area contributed by atoms with Crippen molar-refractivity contribution in [2.24, 2.45) is 5.92 Å². The summed E-state index contributed by atoms with van der Waals surface area (Å²) in [5.74, 6) is -0.625. The minimum Gasteiger partial charge on any atom is -0.488 e. The molecule has 1 aliphatic heterocycles. The summed E-state index contributed by atoms with van der Waals surface area (Å²) < 4.78 is 49.1. The lowest BCUT2D eigenvalue weighted by Crippen LogP contribution is -2.08. The van der Waals surface area contributed by atoms with Crippen LogP contribution in [0.4, 0.5) is 13.2 Å². The standard InChI is InChI=1S/C17H10ClF3O4/c18-10-5-7(17(19,20)21)1-4-11(10)24-8-2-3-9-12(6-8)25-15-13(9)14(15)16(22)23/h1-6,13-15H,(H,22,23)/t13-,14-,15-/m1/s1. The largest absolute Gasteiger partial charge is 0.488 e. The second-order valence-corrected chi connectivity index (χ2v) is 6.32. The molecule has 130 valence electrons. The summed E-state index contributed by atoms with van der Waals surface area (Å²) in [4.78, 5) is 11.0. The minimum atomic E-state index is -4.48. The van der Waals surface area contributed by atoms with Gasteiger partial charge in [0.1, 0.15) is 29.3 Å². The highest BCUT2D eigenvalue weighted by atomic mass is 35.5. The minimum absolute atomic E-state index is 0.0844. The Hall–Kier alpha value is -2.41. The molecule has 0 aromatic heterocycles. The van der Waals surface area contributed by atoms with Gasteiger partial charge >= 0.3 is 12.1 Å². The van der Waals surface area contributed by atoms with Crippen LogP contribution in [0.5, 0.6) is 17.2 Å². The molecule has 2 aromatic rings. The number of rotatable bonds is 3. The molecule has 0 saturated heterocycles. The lowest BCUT2D eigenvalue weighted by molar-refractivity contribution is -0.139. The predicted molar refractivity (Wildman–Crippen MR) is 81.3 cm³/mol. The molecule has 1 heterocycles. The summed E-state index contributed by atoms with van der Waals surface area (Å²) in [5.41, 5.74) is -0.0646. The van der Waals surface area contributed by atoms with Gasteiger partial charge in [0.15, 0.2) is 0 Å². The fourth-order valence-electron chi connectivity index (χ4n) is 3.08. The molecule has 4 nitrogen and oxygen atoms in total. The first kappa shape index (κ1) is 16.1. The number of alkyl halides is 3. The molecule has 0 bridgehead atoms. The molecule has 2 aliphatic rings. The number of halogens is 4. The molecule has 1 N–H and O–H groups in total. The number of hydrogen-bond acceptors (Lipinski definition) is 3. The fourth-order valence-corrected chi connectivity index (χ4v) is 3.30. The number of benzene rings is 2. The zero-order valence-corrected chi connectivity index (χ0v) is 13.1. The van der Waals surface area contributed by atoms with Crippen molar-refractivity contribution in [2.45, 2.75) is 18.2 Å². The van der Waals surface area contributed by atoms with E-state index in [1.807, 2.05) is 0 Å². The zero-order chi connectivity index (χ0) is 17.9. The molecule has 0 amide bonds. The van der Waals surface area contributed by atoms with E-state index < -0.39 is 23.6 Å². The molecule has 1 fully saturated rings. The summed E-state index contributed by atoms with van der Waals surface area (Å²) in [6.45, 7) is 0. The van der Waals surface area contributed by atoms with E-state index in [0.29, 0.717) is 11.5 Å². The lowest BCUT2D eigenvalue weighted by Gasteiger charge is -2.12. The van der Waals surface area contributed by atoms with Gasteiger partial charge in [-0.1, -0.05) is 17.7 Å². The number of ether oxygens (including phenoxy) is 2. The van der Waals surface area contributed by atoms with E-state index in [4.69, 9.17) is 26.2 Å². The Kier molecular flexibility index (Phi) is 3.40. The van der Waals surface area contributed by atoms with Gasteiger partial charge in [0.05, 0.1) is 10.6 Å². The van der Waals surface area contributed by atoms with Gasteiger partial charge in [-0.2, -0.15) is 13.2 Å². The second-order valence-electron chi connectivity index (χ2n) is 5.92. The van der Waals surface area contributed by atoms with Crippen molar-refractivity contribution in [3.05, 3.63) is 52.5 Å². The Morgan fingerprint density at radius 3 is 2.60 bits per heavy atom. The van der Waals surface area contributed by atoms with Gasteiger partial charge in [-0.25, -0.2) is 0 Å². The molecule has 1 aliphatic carbocycles.